The first-order chi connectivity index (χ1) is 11.4. The van der Waals surface area contributed by atoms with Gasteiger partial charge in [-0.1, -0.05) is 31.7 Å². The van der Waals surface area contributed by atoms with Crippen LogP contribution in [0, 0.1) is 0 Å². The maximum absolute atomic E-state index is 5.57. The largest absolute Gasteiger partial charge is 0.497 e. The second-order valence-electron chi connectivity index (χ2n) is 6.17. The molecule has 0 spiro atoms. The molecular formula is C19H26O4. The van der Waals surface area contributed by atoms with Crippen molar-refractivity contribution < 1.29 is 18.9 Å². The van der Waals surface area contributed by atoms with E-state index in [1.54, 1.807) is 0 Å². The molecule has 0 radical (unpaired) electrons. The van der Waals surface area contributed by atoms with Gasteiger partial charge in [0.05, 0.1) is 19.0 Å². The molecule has 126 valence electrons. The second kappa shape index (κ2) is 8.82. The van der Waals surface area contributed by atoms with E-state index in [2.05, 4.69) is 6.08 Å². The van der Waals surface area contributed by atoms with Gasteiger partial charge in [-0.2, -0.15) is 0 Å². The van der Waals surface area contributed by atoms with Crippen LogP contribution in [0.25, 0.3) is 0 Å². The Morgan fingerprint density at radius 1 is 1.04 bits per heavy atom. The average Bonchev–Trinajstić information content (AvgIpc) is 3.27. The molecule has 0 amide bonds. The lowest BCUT2D eigenvalue weighted by Crippen LogP contribution is -1.93. The van der Waals surface area contributed by atoms with Gasteiger partial charge in [-0.25, -0.2) is 0 Å². The lowest BCUT2D eigenvalue weighted by atomic mass is 10.1. The van der Waals surface area contributed by atoms with Crippen LogP contribution in [0.3, 0.4) is 0 Å². The Balaban J connectivity index is 1.18. The number of ether oxygens (including phenoxy) is 4. The van der Waals surface area contributed by atoms with E-state index >= 15 is 0 Å². The fourth-order valence-corrected chi connectivity index (χ4v) is 2.71. The van der Waals surface area contributed by atoms with Crippen molar-refractivity contribution >= 4 is 0 Å². The lowest BCUT2D eigenvalue weighted by molar-refractivity contribution is 0.173. The van der Waals surface area contributed by atoms with Crippen LogP contribution in [0.5, 0.6) is 11.5 Å². The molecule has 4 nitrogen and oxygen atoms in total. The zero-order valence-corrected chi connectivity index (χ0v) is 13.7. The predicted octanol–water partition coefficient (Wildman–Crippen LogP) is 4.58. The van der Waals surface area contributed by atoms with E-state index < -0.39 is 0 Å². The number of hydrogen-bond acceptors (Lipinski definition) is 4. The van der Waals surface area contributed by atoms with Crippen molar-refractivity contribution in [2.75, 3.05) is 13.4 Å². The molecule has 0 aliphatic carbocycles. The molecule has 1 aromatic rings. The third-order valence-electron chi connectivity index (χ3n) is 4.18. The summed E-state index contributed by atoms with van der Waals surface area (Å²) in [5, 5.41) is 0. The van der Waals surface area contributed by atoms with Gasteiger partial charge in [0, 0.05) is 0 Å². The zero-order chi connectivity index (χ0) is 15.7. The maximum Gasteiger partial charge on any atom is 0.231 e. The topological polar surface area (TPSA) is 40.2 Å². The molecule has 1 saturated heterocycles. The van der Waals surface area contributed by atoms with Gasteiger partial charge in [0.1, 0.15) is 6.61 Å². The minimum Gasteiger partial charge on any atom is -0.497 e. The van der Waals surface area contributed by atoms with Crippen LogP contribution in [0.2, 0.25) is 0 Å². The molecule has 0 bridgehead atoms. The third kappa shape index (κ3) is 5.79. The first-order valence-electron chi connectivity index (χ1n) is 8.68. The first kappa shape index (κ1) is 16.2. The summed E-state index contributed by atoms with van der Waals surface area (Å²) in [6, 6.07) is 5.91. The SMILES string of the molecule is C(=C\OCc1ccc2c(c1)OCO2)/CCCCCCCC1CO1. The summed E-state index contributed by atoms with van der Waals surface area (Å²) in [4.78, 5) is 0. The van der Waals surface area contributed by atoms with Crippen molar-refractivity contribution in [2.45, 2.75) is 57.7 Å². The highest BCUT2D eigenvalue weighted by molar-refractivity contribution is 5.44. The summed E-state index contributed by atoms with van der Waals surface area (Å²) in [5.41, 5.74) is 1.10. The molecule has 4 heteroatoms. The van der Waals surface area contributed by atoms with Gasteiger partial charge in [-0.15, -0.1) is 0 Å². The van der Waals surface area contributed by atoms with Crippen LogP contribution >= 0.6 is 0 Å². The van der Waals surface area contributed by atoms with Crippen molar-refractivity contribution in [2.24, 2.45) is 0 Å². The molecule has 1 unspecified atom stereocenters. The van der Waals surface area contributed by atoms with Crippen molar-refractivity contribution in [1.29, 1.82) is 0 Å². The number of rotatable bonds is 11. The van der Waals surface area contributed by atoms with Crippen LogP contribution in [0.4, 0.5) is 0 Å². The Bertz CT molecular complexity index is 508. The smallest absolute Gasteiger partial charge is 0.231 e. The van der Waals surface area contributed by atoms with Gasteiger partial charge in [0.25, 0.3) is 0 Å². The van der Waals surface area contributed by atoms with Crippen LogP contribution in [0.15, 0.2) is 30.5 Å². The summed E-state index contributed by atoms with van der Waals surface area (Å²) in [6.07, 6.45) is 13.4. The van der Waals surface area contributed by atoms with E-state index in [-0.39, 0.29) is 0 Å². The molecule has 0 N–H and O–H groups in total. The zero-order valence-electron chi connectivity index (χ0n) is 13.7. The molecule has 2 aliphatic heterocycles. The Hall–Kier alpha value is -1.68. The summed E-state index contributed by atoms with van der Waals surface area (Å²) in [5.74, 6) is 1.62. The molecule has 1 aromatic carbocycles. The minimum atomic E-state index is 0.313. The molecule has 2 aliphatic rings. The van der Waals surface area contributed by atoms with Gasteiger partial charge >= 0.3 is 0 Å². The van der Waals surface area contributed by atoms with E-state index in [1.807, 2.05) is 24.5 Å². The highest BCUT2D eigenvalue weighted by Gasteiger charge is 2.20. The average molecular weight is 318 g/mol. The number of allylic oxidation sites excluding steroid dienone is 1. The molecule has 0 aromatic heterocycles. The molecular weight excluding hydrogens is 292 g/mol. The van der Waals surface area contributed by atoms with Crippen LogP contribution < -0.4 is 9.47 Å². The van der Waals surface area contributed by atoms with E-state index in [0.717, 1.165) is 30.1 Å². The molecule has 23 heavy (non-hydrogen) atoms. The highest BCUT2D eigenvalue weighted by atomic mass is 16.7. The van der Waals surface area contributed by atoms with E-state index in [0.29, 0.717) is 19.5 Å². The molecule has 1 fully saturated rings. The molecule has 0 saturated carbocycles. The van der Waals surface area contributed by atoms with Crippen molar-refractivity contribution in [3.8, 4) is 11.5 Å². The third-order valence-corrected chi connectivity index (χ3v) is 4.18. The van der Waals surface area contributed by atoms with Crippen molar-refractivity contribution in [3.63, 3.8) is 0 Å². The second-order valence-corrected chi connectivity index (χ2v) is 6.17. The standard InChI is InChI=1S/C19H26O4/c1(2-4-6-8-17-14-21-17)3-5-7-11-20-13-16-9-10-18-19(12-16)23-15-22-18/h7,9-12,17H,1-6,8,13-15H2/b11-7+. The summed E-state index contributed by atoms with van der Waals surface area (Å²) in [7, 11) is 0. The maximum atomic E-state index is 5.57. The van der Waals surface area contributed by atoms with Gasteiger partial charge in [-0.3, -0.25) is 0 Å². The Labute approximate surface area is 138 Å². The van der Waals surface area contributed by atoms with Gasteiger partial charge in [0.2, 0.25) is 6.79 Å². The number of unbranched alkanes of at least 4 members (excludes halogenated alkanes) is 5. The van der Waals surface area contributed by atoms with Gasteiger partial charge in [-0.05, 0) is 43.0 Å². The molecule has 2 heterocycles. The van der Waals surface area contributed by atoms with Crippen LogP contribution in [-0.4, -0.2) is 19.5 Å². The normalized spacial score (nSPS) is 18.5. The number of epoxide rings is 1. The van der Waals surface area contributed by atoms with Crippen LogP contribution in [0.1, 0.15) is 50.5 Å². The Kier molecular flexibility index (Phi) is 6.21. The minimum absolute atomic E-state index is 0.313. The molecule has 1 atom stereocenters. The number of hydrogen-bond donors (Lipinski definition) is 0. The molecule has 3 rings (SSSR count). The van der Waals surface area contributed by atoms with Gasteiger partial charge < -0.3 is 18.9 Å². The quantitative estimate of drug-likeness (QED) is 0.340. The fraction of sp³-hybridized carbons (Fsp3) is 0.579. The number of benzene rings is 1. The number of fused-ring (bicyclic) bond motifs is 1. The van der Waals surface area contributed by atoms with Gasteiger partial charge in [0.15, 0.2) is 11.5 Å². The van der Waals surface area contributed by atoms with Crippen LogP contribution in [-0.2, 0) is 16.1 Å². The summed E-state index contributed by atoms with van der Waals surface area (Å²) >= 11 is 0. The lowest BCUT2D eigenvalue weighted by Gasteiger charge is -2.03. The fourth-order valence-electron chi connectivity index (χ4n) is 2.71. The summed E-state index contributed by atoms with van der Waals surface area (Å²) < 4.78 is 21.4. The van der Waals surface area contributed by atoms with E-state index in [9.17, 15) is 0 Å². The Morgan fingerprint density at radius 2 is 1.87 bits per heavy atom. The van der Waals surface area contributed by atoms with E-state index in [4.69, 9.17) is 18.9 Å². The predicted molar refractivity (Wildman–Crippen MR) is 88.6 cm³/mol. The van der Waals surface area contributed by atoms with E-state index in [1.165, 1.54) is 38.5 Å². The van der Waals surface area contributed by atoms with Crippen molar-refractivity contribution in [3.05, 3.63) is 36.1 Å². The highest BCUT2D eigenvalue weighted by Crippen LogP contribution is 2.32. The van der Waals surface area contributed by atoms with Crippen molar-refractivity contribution in [1.82, 2.24) is 0 Å². The Morgan fingerprint density at radius 3 is 2.78 bits per heavy atom. The first-order valence-corrected chi connectivity index (χ1v) is 8.68. The summed E-state index contributed by atoms with van der Waals surface area (Å²) in [6.45, 7) is 1.88. The monoisotopic (exact) mass is 318 g/mol.